The summed E-state index contributed by atoms with van der Waals surface area (Å²) in [5.41, 5.74) is 1.65. The molecule has 0 bridgehead atoms. The van der Waals surface area contributed by atoms with Crippen LogP contribution in [0.15, 0.2) is 48.5 Å². The molecule has 3 N–H and O–H groups in total. The van der Waals surface area contributed by atoms with Crippen molar-refractivity contribution in [1.82, 2.24) is 10.3 Å². The molecule has 0 fully saturated rings. The highest BCUT2D eigenvalue weighted by atomic mass is 35.5. The van der Waals surface area contributed by atoms with Crippen LogP contribution >= 0.6 is 11.6 Å². The molecule has 0 radical (unpaired) electrons. The molecule has 1 atom stereocenters. The Bertz CT molecular complexity index is 845. The van der Waals surface area contributed by atoms with Crippen molar-refractivity contribution in [2.75, 3.05) is 6.54 Å². The Hall–Kier alpha value is -2.37. The van der Waals surface area contributed by atoms with Crippen LogP contribution in [0, 0.1) is 5.82 Å². The Morgan fingerprint density at radius 3 is 2.70 bits per heavy atom. The predicted molar refractivity (Wildman–Crippen MR) is 87.0 cm³/mol. The van der Waals surface area contributed by atoms with Gasteiger partial charge in [-0.2, -0.15) is 0 Å². The van der Waals surface area contributed by atoms with Crippen LogP contribution in [0.1, 0.15) is 22.2 Å². The van der Waals surface area contributed by atoms with Crippen molar-refractivity contribution < 1.29 is 14.3 Å². The van der Waals surface area contributed by atoms with Gasteiger partial charge in [-0.05, 0) is 42.0 Å². The van der Waals surface area contributed by atoms with E-state index < -0.39 is 6.10 Å². The topological polar surface area (TPSA) is 65.1 Å². The quantitative estimate of drug-likeness (QED) is 0.685. The van der Waals surface area contributed by atoms with E-state index >= 15 is 0 Å². The highest BCUT2D eigenvalue weighted by molar-refractivity contribution is 6.30. The van der Waals surface area contributed by atoms with Crippen LogP contribution in [0.5, 0.6) is 0 Å². The molecule has 23 heavy (non-hydrogen) atoms. The number of halogens is 2. The summed E-state index contributed by atoms with van der Waals surface area (Å²) < 4.78 is 13.2. The van der Waals surface area contributed by atoms with Crippen molar-refractivity contribution in [3.8, 4) is 0 Å². The largest absolute Gasteiger partial charge is 0.387 e. The zero-order valence-electron chi connectivity index (χ0n) is 12.0. The van der Waals surface area contributed by atoms with Gasteiger partial charge in [0.2, 0.25) is 0 Å². The first-order chi connectivity index (χ1) is 11.0. The minimum atomic E-state index is -0.835. The lowest BCUT2D eigenvalue weighted by Crippen LogP contribution is -2.28. The summed E-state index contributed by atoms with van der Waals surface area (Å²) in [6.07, 6.45) is -0.835. The molecular formula is C17H14ClFN2O2. The van der Waals surface area contributed by atoms with Gasteiger partial charge >= 0.3 is 0 Å². The number of carbonyl (C=O) groups is 1. The molecule has 0 aliphatic carbocycles. The van der Waals surface area contributed by atoms with E-state index in [1.165, 1.54) is 12.1 Å². The van der Waals surface area contributed by atoms with Gasteiger partial charge in [-0.25, -0.2) is 4.39 Å². The van der Waals surface area contributed by atoms with Gasteiger partial charge in [0.25, 0.3) is 5.91 Å². The lowest BCUT2D eigenvalue weighted by Gasteiger charge is -2.11. The molecule has 0 saturated carbocycles. The zero-order valence-corrected chi connectivity index (χ0v) is 12.8. The van der Waals surface area contributed by atoms with Gasteiger partial charge in [0.1, 0.15) is 11.5 Å². The normalized spacial score (nSPS) is 12.3. The average molecular weight is 333 g/mol. The fourth-order valence-corrected chi connectivity index (χ4v) is 2.44. The molecule has 0 aliphatic rings. The van der Waals surface area contributed by atoms with Crippen molar-refractivity contribution >= 4 is 28.4 Å². The number of aromatic nitrogens is 1. The number of nitrogens with one attached hydrogen (secondary N) is 2. The van der Waals surface area contributed by atoms with E-state index in [1.54, 1.807) is 36.4 Å². The summed E-state index contributed by atoms with van der Waals surface area (Å²) in [5, 5.41) is 13.9. The summed E-state index contributed by atoms with van der Waals surface area (Å²) in [4.78, 5) is 15.0. The van der Waals surface area contributed by atoms with Gasteiger partial charge in [0.15, 0.2) is 0 Å². The highest BCUT2D eigenvalue weighted by Gasteiger charge is 2.13. The fourth-order valence-electron chi connectivity index (χ4n) is 2.31. The Kier molecular flexibility index (Phi) is 4.32. The zero-order chi connectivity index (χ0) is 16.4. The Morgan fingerprint density at radius 2 is 1.96 bits per heavy atom. The second-order valence-corrected chi connectivity index (χ2v) is 5.63. The number of hydrogen-bond donors (Lipinski definition) is 3. The van der Waals surface area contributed by atoms with Gasteiger partial charge < -0.3 is 15.4 Å². The number of aromatic amines is 1. The molecule has 1 amide bonds. The van der Waals surface area contributed by atoms with Crippen LogP contribution in [0.4, 0.5) is 4.39 Å². The lowest BCUT2D eigenvalue weighted by molar-refractivity contribution is 0.0912. The summed E-state index contributed by atoms with van der Waals surface area (Å²) in [6.45, 7) is 0.0597. The number of H-pyrrole nitrogens is 1. The Labute approximate surface area is 136 Å². The van der Waals surface area contributed by atoms with E-state index in [1.807, 2.05) is 0 Å². The Balaban J connectivity index is 1.67. The second-order valence-electron chi connectivity index (χ2n) is 5.19. The predicted octanol–water partition coefficient (Wildman–Crippen LogP) is 3.42. The molecule has 0 saturated heterocycles. The summed E-state index contributed by atoms with van der Waals surface area (Å²) >= 11 is 5.79. The summed E-state index contributed by atoms with van der Waals surface area (Å²) in [5.74, 6) is -0.726. The third kappa shape index (κ3) is 3.52. The molecule has 118 valence electrons. The minimum Gasteiger partial charge on any atom is -0.387 e. The first-order valence-corrected chi connectivity index (χ1v) is 7.41. The molecule has 4 nitrogen and oxygen atoms in total. The van der Waals surface area contributed by atoms with Crippen LogP contribution in [0.3, 0.4) is 0 Å². The molecule has 2 aromatic carbocycles. The molecule has 3 aromatic rings. The molecule has 0 spiro atoms. The number of hydrogen-bond acceptors (Lipinski definition) is 2. The van der Waals surface area contributed by atoms with E-state index in [9.17, 15) is 14.3 Å². The number of aliphatic hydroxyl groups excluding tert-OH is 1. The molecule has 3 rings (SSSR count). The van der Waals surface area contributed by atoms with Crippen LogP contribution in [-0.2, 0) is 0 Å². The summed E-state index contributed by atoms with van der Waals surface area (Å²) in [6, 6.07) is 12.6. The molecule has 6 heteroatoms. The first-order valence-electron chi connectivity index (χ1n) is 7.03. The number of amides is 1. The second kappa shape index (κ2) is 6.40. The van der Waals surface area contributed by atoms with Crippen molar-refractivity contribution in [2.45, 2.75) is 6.10 Å². The minimum absolute atomic E-state index is 0.0597. The van der Waals surface area contributed by atoms with Crippen molar-refractivity contribution in [3.05, 3.63) is 70.6 Å². The average Bonchev–Trinajstić information content (AvgIpc) is 2.96. The van der Waals surface area contributed by atoms with Crippen molar-refractivity contribution in [3.63, 3.8) is 0 Å². The van der Waals surface area contributed by atoms with Gasteiger partial charge in [0.05, 0.1) is 6.10 Å². The van der Waals surface area contributed by atoms with Gasteiger partial charge in [0, 0.05) is 22.5 Å². The van der Waals surface area contributed by atoms with Crippen LogP contribution in [0.2, 0.25) is 5.02 Å². The molecule has 0 aliphatic heterocycles. The SMILES string of the molecule is O=C(NC[C@H](O)c1ccc(Cl)cc1)c1cc2cc(F)ccc2[nH]1. The molecular weight excluding hydrogens is 319 g/mol. The Morgan fingerprint density at radius 1 is 1.22 bits per heavy atom. The smallest absolute Gasteiger partial charge is 0.267 e. The highest BCUT2D eigenvalue weighted by Crippen LogP contribution is 2.18. The number of rotatable bonds is 4. The van der Waals surface area contributed by atoms with E-state index in [0.29, 0.717) is 27.2 Å². The van der Waals surface area contributed by atoms with E-state index in [-0.39, 0.29) is 18.3 Å². The van der Waals surface area contributed by atoms with Crippen LogP contribution in [0.25, 0.3) is 10.9 Å². The van der Waals surface area contributed by atoms with Crippen LogP contribution in [-0.4, -0.2) is 22.5 Å². The third-order valence-corrected chi connectivity index (χ3v) is 3.79. The maximum atomic E-state index is 13.2. The third-order valence-electron chi connectivity index (χ3n) is 3.54. The standard InChI is InChI=1S/C17H14ClFN2O2/c18-12-3-1-10(2-4-12)16(22)9-20-17(23)15-8-11-7-13(19)5-6-14(11)21-15/h1-8,16,21-22H,9H2,(H,20,23)/t16-/m0/s1. The number of aliphatic hydroxyl groups is 1. The van der Waals surface area contributed by atoms with Crippen LogP contribution < -0.4 is 5.32 Å². The van der Waals surface area contributed by atoms with Gasteiger partial charge in [-0.15, -0.1) is 0 Å². The van der Waals surface area contributed by atoms with Crippen molar-refractivity contribution in [2.24, 2.45) is 0 Å². The number of benzene rings is 2. The lowest BCUT2D eigenvalue weighted by atomic mass is 10.1. The van der Waals surface area contributed by atoms with E-state index in [2.05, 4.69) is 10.3 Å². The van der Waals surface area contributed by atoms with E-state index in [0.717, 1.165) is 0 Å². The van der Waals surface area contributed by atoms with Gasteiger partial charge in [-0.3, -0.25) is 4.79 Å². The monoisotopic (exact) mass is 332 g/mol. The number of fused-ring (bicyclic) bond motifs is 1. The summed E-state index contributed by atoms with van der Waals surface area (Å²) in [7, 11) is 0. The maximum absolute atomic E-state index is 13.2. The van der Waals surface area contributed by atoms with Gasteiger partial charge in [-0.1, -0.05) is 23.7 Å². The first kappa shape index (κ1) is 15.5. The molecule has 0 unspecified atom stereocenters. The fraction of sp³-hybridized carbons (Fsp3) is 0.118. The maximum Gasteiger partial charge on any atom is 0.267 e. The molecule has 1 aromatic heterocycles. The van der Waals surface area contributed by atoms with E-state index in [4.69, 9.17) is 11.6 Å². The molecule has 1 heterocycles. The number of carbonyl (C=O) groups excluding carboxylic acids is 1. The van der Waals surface area contributed by atoms with Crippen molar-refractivity contribution in [1.29, 1.82) is 0 Å².